The first-order chi connectivity index (χ1) is 11.6. The Morgan fingerprint density at radius 2 is 1.50 bits per heavy atom. The Balaban J connectivity index is 1.71. The maximum atomic E-state index is 5.09. The lowest BCUT2D eigenvalue weighted by Crippen LogP contribution is -2.26. The molecule has 0 atom stereocenters. The standard InChI is InChI=1S/C23H36O/c1-5-6-7-20-10-12-22(13-11-20)23-16-14-21(15-17-23)18(2)8-9-19(3)24-4/h5,8-9,20-23H,1-3,6-7,10-17H2,4H3/b9-8-. The minimum Gasteiger partial charge on any atom is -0.497 e. The van der Waals surface area contributed by atoms with E-state index in [-0.39, 0.29) is 0 Å². The summed E-state index contributed by atoms with van der Waals surface area (Å²) in [5.41, 5.74) is 1.25. The molecule has 0 aromatic rings. The lowest BCUT2D eigenvalue weighted by atomic mass is 9.68. The molecular weight excluding hydrogens is 292 g/mol. The van der Waals surface area contributed by atoms with Crippen LogP contribution < -0.4 is 0 Å². The molecule has 24 heavy (non-hydrogen) atoms. The molecule has 2 aliphatic rings. The van der Waals surface area contributed by atoms with Gasteiger partial charge >= 0.3 is 0 Å². The van der Waals surface area contributed by atoms with Crippen LogP contribution in [0.5, 0.6) is 0 Å². The molecule has 2 saturated carbocycles. The van der Waals surface area contributed by atoms with E-state index in [4.69, 9.17) is 4.74 Å². The van der Waals surface area contributed by atoms with Crippen molar-refractivity contribution in [3.63, 3.8) is 0 Å². The number of rotatable bonds is 8. The Hall–Kier alpha value is -1.24. The molecule has 0 heterocycles. The van der Waals surface area contributed by atoms with Gasteiger partial charge in [0.2, 0.25) is 0 Å². The van der Waals surface area contributed by atoms with E-state index < -0.39 is 0 Å². The molecule has 2 fully saturated rings. The van der Waals surface area contributed by atoms with Gasteiger partial charge in [-0.2, -0.15) is 0 Å². The van der Waals surface area contributed by atoms with Crippen molar-refractivity contribution in [2.24, 2.45) is 23.7 Å². The second-order valence-electron chi connectivity index (χ2n) is 7.84. The van der Waals surface area contributed by atoms with E-state index in [0.29, 0.717) is 11.7 Å². The van der Waals surface area contributed by atoms with Gasteiger partial charge in [-0.3, -0.25) is 0 Å². The van der Waals surface area contributed by atoms with Crippen LogP contribution in [0.25, 0.3) is 0 Å². The molecule has 0 N–H and O–H groups in total. The summed E-state index contributed by atoms with van der Waals surface area (Å²) in [5, 5.41) is 0. The second-order valence-corrected chi connectivity index (χ2v) is 7.84. The molecular formula is C23H36O. The molecule has 2 rings (SSSR count). The summed E-state index contributed by atoms with van der Waals surface area (Å²) in [6.45, 7) is 12.0. The lowest BCUT2D eigenvalue weighted by molar-refractivity contribution is 0.151. The van der Waals surface area contributed by atoms with Crippen molar-refractivity contribution < 1.29 is 4.74 Å². The van der Waals surface area contributed by atoms with E-state index in [1.165, 1.54) is 69.8 Å². The van der Waals surface area contributed by atoms with Crippen LogP contribution in [0.1, 0.15) is 64.2 Å². The molecule has 2 aliphatic carbocycles. The fraction of sp³-hybridized carbons (Fsp3) is 0.652. The van der Waals surface area contributed by atoms with Crippen molar-refractivity contribution in [1.29, 1.82) is 0 Å². The Kier molecular flexibility index (Phi) is 7.88. The highest BCUT2D eigenvalue weighted by atomic mass is 16.5. The van der Waals surface area contributed by atoms with Crippen LogP contribution in [0.2, 0.25) is 0 Å². The predicted octanol–water partition coefficient (Wildman–Crippen LogP) is 6.84. The monoisotopic (exact) mass is 328 g/mol. The molecule has 0 bridgehead atoms. The average molecular weight is 329 g/mol. The van der Waals surface area contributed by atoms with E-state index in [1.54, 1.807) is 7.11 Å². The number of hydrogen-bond acceptors (Lipinski definition) is 1. The maximum Gasteiger partial charge on any atom is 0.111 e. The quantitative estimate of drug-likeness (QED) is 0.269. The van der Waals surface area contributed by atoms with Gasteiger partial charge in [0.1, 0.15) is 5.76 Å². The third kappa shape index (κ3) is 5.69. The lowest BCUT2D eigenvalue weighted by Gasteiger charge is -2.38. The van der Waals surface area contributed by atoms with Crippen molar-refractivity contribution in [3.8, 4) is 0 Å². The summed E-state index contributed by atoms with van der Waals surface area (Å²) in [7, 11) is 1.66. The Bertz CT molecular complexity index is 443. The zero-order chi connectivity index (χ0) is 17.4. The summed E-state index contributed by atoms with van der Waals surface area (Å²) < 4.78 is 5.09. The highest BCUT2D eigenvalue weighted by Gasteiger charge is 2.30. The zero-order valence-electron chi connectivity index (χ0n) is 15.6. The fourth-order valence-electron chi connectivity index (χ4n) is 4.67. The van der Waals surface area contributed by atoms with Crippen molar-refractivity contribution >= 4 is 0 Å². The molecule has 1 nitrogen and oxygen atoms in total. The van der Waals surface area contributed by atoms with E-state index in [0.717, 1.165) is 17.8 Å². The van der Waals surface area contributed by atoms with Gasteiger partial charge in [0.15, 0.2) is 0 Å². The van der Waals surface area contributed by atoms with Crippen LogP contribution in [-0.4, -0.2) is 7.11 Å². The molecule has 0 radical (unpaired) electrons. The van der Waals surface area contributed by atoms with Gasteiger partial charge in [0, 0.05) is 0 Å². The molecule has 0 aliphatic heterocycles. The number of ether oxygens (including phenoxy) is 1. The summed E-state index contributed by atoms with van der Waals surface area (Å²) in [6, 6.07) is 0. The van der Waals surface area contributed by atoms with Crippen molar-refractivity contribution in [2.75, 3.05) is 7.11 Å². The van der Waals surface area contributed by atoms with E-state index >= 15 is 0 Å². The van der Waals surface area contributed by atoms with Crippen molar-refractivity contribution in [2.45, 2.75) is 64.2 Å². The molecule has 1 heteroatoms. The summed E-state index contributed by atoms with van der Waals surface area (Å²) in [5.74, 6) is 4.29. The van der Waals surface area contributed by atoms with Crippen LogP contribution in [0, 0.1) is 23.7 Å². The minimum atomic E-state index is 0.658. The second kappa shape index (κ2) is 9.91. The summed E-state index contributed by atoms with van der Waals surface area (Å²) >= 11 is 0. The van der Waals surface area contributed by atoms with Crippen LogP contribution in [0.4, 0.5) is 0 Å². The van der Waals surface area contributed by atoms with Crippen LogP contribution in [-0.2, 0) is 4.74 Å². The molecule has 0 unspecified atom stereocenters. The van der Waals surface area contributed by atoms with E-state index in [9.17, 15) is 0 Å². The van der Waals surface area contributed by atoms with Crippen LogP contribution >= 0.6 is 0 Å². The topological polar surface area (TPSA) is 9.23 Å². The van der Waals surface area contributed by atoms with E-state index in [1.807, 2.05) is 6.08 Å². The zero-order valence-corrected chi connectivity index (χ0v) is 15.6. The third-order valence-electron chi connectivity index (χ3n) is 6.38. The molecule has 0 spiro atoms. The van der Waals surface area contributed by atoms with E-state index in [2.05, 4.69) is 31.9 Å². The normalized spacial score (nSPS) is 30.9. The van der Waals surface area contributed by atoms with Gasteiger partial charge in [-0.15, -0.1) is 6.58 Å². The highest BCUT2D eigenvalue weighted by Crippen LogP contribution is 2.43. The number of methoxy groups -OCH3 is 1. The smallest absolute Gasteiger partial charge is 0.111 e. The average Bonchev–Trinajstić information content (AvgIpc) is 2.64. The minimum absolute atomic E-state index is 0.658. The molecule has 0 aromatic heterocycles. The third-order valence-corrected chi connectivity index (χ3v) is 6.38. The van der Waals surface area contributed by atoms with Crippen molar-refractivity contribution in [1.82, 2.24) is 0 Å². The largest absolute Gasteiger partial charge is 0.497 e. The first-order valence-corrected chi connectivity index (χ1v) is 9.84. The number of allylic oxidation sites excluding steroid dienone is 4. The molecule has 0 aromatic carbocycles. The molecule has 0 saturated heterocycles. The predicted molar refractivity (Wildman–Crippen MR) is 105 cm³/mol. The van der Waals surface area contributed by atoms with Gasteiger partial charge in [-0.05, 0) is 81.1 Å². The van der Waals surface area contributed by atoms with Gasteiger partial charge in [-0.25, -0.2) is 0 Å². The van der Waals surface area contributed by atoms with Gasteiger partial charge in [0.05, 0.1) is 7.11 Å². The van der Waals surface area contributed by atoms with Gasteiger partial charge in [-0.1, -0.05) is 43.7 Å². The summed E-state index contributed by atoms with van der Waals surface area (Å²) in [4.78, 5) is 0. The van der Waals surface area contributed by atoms with Crippen LogP contribution in [0.3, 0.4) is 0 Å². The van der Waals surface area contributed by atoms with Gasteiger partial charge < -0.3 is 4.74 Å². The first-order valence-electron chi connectivity index (χ1n) is 9.84. The summed E-state index contributed by atoms with van der Waals surface area (Å²) in [6.07, 6.45) is 19.9. The Morgan fingerprint density at radius 1 is 0.917 bits per heavy atom. The fourth-order valence-corrected chi connectivity index (χ4v) is 4.67. The Labute approximate surface area is 149 Å². The molecule has 134 valence electrons. The van der Waals surface area contributed by atoms with Crippen LogP contribution in [0.15, 0.2) is 49.3 Å². The SMILES string of the molecule is C=CCCC1CCC(C2CCC(C(=C)/C=C\C(=C)OC)CC2)CC1. The molecule has 0 amide bonds. The highest BCUT2D eigenvalue weighted by molar-refractivity contribution is 5.23. The first kappa shape index (κ1) is 19.1. The number of hydrogen-bond donors (Lipinski definition) is 0. The van der Waals surface area contributed by atoms with Gasteiger partial charge in [0.25, 0.3) is 0 Å². The van der Waals surface area contributed by atoms with Crippen molar-refractivity contribution in [3.05, 3.63) is 49.3 Å². The maximum absolute atomic E-state index is 5.09. The Morgan fingerprint density at radius 3 is 2.04 bits per heavy atom.